The summed E-state index contributed by atoms with van der Waals surface area (Å²) in [7, 11) is 0. The molecule has 4 heteroatoms. The first-order chi connectivity index (χ1) is 10.7. The summed E-state index contributed by atoms with van der Waals surface area (Å²) in [5.41, 5.74) is 3.56. The van der Waals surface area contributed by atoms with Crippen LogP contribution in [0.3, 0.4) is 0 Å². The average Bonchev–Trinajstić information content (AvgIpc) is 2.55. The lowest BCUT2D eigenvalue weighted by molar-refractivity contribution is -0.0381. The van der Waals surface area contributed by atoms with Gasteiger partial charge >= 0.3 is 0 Å². The van der Waals surface area contributed by atoms with Crippen LogP contribution in [-0.2, 0) is 4.74 Å². The Morgan fingerprint density at radius 2 is 1.77 bits per heavy atom. The third-order valence-corrected chi connectivity index (χ3v) is 5.14. The number of fused-ring (bicyclic) bond motifs is 3. The molecule has 2 nitrogen and oxygen atoms in total. The van der Waals surface area contributed by atoms with Crippen LogP contribution < -0.4 is 5.32 Å². The molecule has 0 spiro atoms. The topological polar surface area (TPSA) is 21.3 Å². The molecule has 1 saturated heterocycles. The summed E-state index contributed by atoms with van der Waals surface area (Å²) in [6.45, 7) is 0.820. The van der Waals surface area contributed by atoms with Gasteiger partial charge in [-0.05, 0) is 48.7 Å². The van der Waals surface area contributed by atoms with Crippen LogP contribution in [0, 0.1) is 5.92 Å². The van der Waals surface area contributed by atoms with Crippen molar-refractivity contribution in [1.29, 1.82) is 0 Å². The van der Waals surface area contributed by atoms with Gasteiger partial charge in [-0.25, -0.2) is 0 Å². The van der Waals surface area contributed by atoms with Crippen LogP contribution >= 0.6 is 23.2 Å². The molecule has 0 unspecified atom stereocenters. The van der Waals surface area contributed by atoms with Crippen molar-refractivity contribution >= 4 is 28.9 Å². The van der Waals surface area contributed by atoms with E-state index in [1.165, 1.54) is 11.1 Å². The Morgan fingerprint density at radius 1 is 1.00 bits per heavy atom. The smallest absolute Gasteiger partial charge is 0.0896 e. The average molecular weight is 334 g/mol. The third kappa shape index (κ3) is 2.50. The second kappa shape index (κ2) is 5.77. The summed E-state index contributed by atoms with van der Waals surface area (Å²) in [5, 5.41) is 5.21. The summed E-state index contributed by atoms with van der Waals surface area (Å²) in [6.07, 6.45) is 2.36. The quantitative estimate of drug-likeness (QED) is 0.730. The molecule has 3 atom stereocenters. The minimum Gasteiger partial charge on any atom is -0.378 e. The van der Waals surface area contributed by atoms with Gasteiger partial charge in [-0.2, -0.15) is 0 Å². The minimum absolute atomic E-state index is 0.115. The van der Waals surface area contributed by atoms with Crippen molar-refractivity contribution in [2.45, 2.75) is 25.0 Å². The van der Waals surface area contributed by atoms with Crippen LogP contribution in [0.2, 0.25) is 10.0 Å². The number of halogens is 2. The zero-order chi connectivity index (χ0) is 15.1. The summed E-state index contributed by atoms with van der Waals surface area (Å²) in [4.78, 5) is 0. The first-order valence-corrected chi connectivity index (χ1v) is 8.41. The molecule has 0 bridgehead atoms. The van der Waals surface area contributed by atoms with E-state index >= 15 is 0 Å². The molecular weight excluding hydrogens is 317 g/mol. The van der Waals surface area contributed by atoms with E-state index in [1.54, 1.807) is 0 Å². The number of hydrogen-bond acceptors (Lipinski definition) is 2. The van der Waals surface area contributed by atoms with Crippen molar-refractivity contribution in [3.8, 4) is 0 Å². The van der Waals surface area contributed by atoms with Crippen LogP contribution in [0.15, 0.2) is 42.5 Å². The molecule has 0 aliphatic carbocycles. The zero-order valence-corrected chi connectivity index (χ0v) is 13.6. The molecule has 0 aromatic heterocycles. The Balaban J connectivity index is 1.77. The van der Waals surface area contributed by atoms with Gasteiger partial charge in [-0.15, -0.1) is 0 Å². The van der Waals surface area contributed by atoms with Crippen LogP contribution in [-0.4, -0.2) is 6.61 Å². The van der Waals surface area contributed by atoms with Gasteiger partial charge in [0.15, 0.2) is 0 Å². The molecule has 1 N–H and O–H groups in total. The van der Waals surface area contributed by atoms with Crippen molar-refractivity contribution in [3.63, 3.8) is 0 Å². The highest BCUT2D eigenvalue weighted by molar-refractivity contribution is 6.31. The Hall–Kier alpha value is -1.22. The maximum atomic E-state index is 6.18. The lowest BCUT2D eigenvalue weighted by atomic mass is 9.77. The second-order valence-corrected chi connectivity index (χ2v) is 6.88. The van der Waals surface area contributed by atoms with E-state index in [0.29, 0.717) is 5.92 Å². The molecule has 0 radical (unpaired) electrons. The van der Waals surface area contributed by atoms with E-state index in [-0.39, 0.29) is 12.1 Å². The molecule has 1 fully saturated rings. The van der Waals surface area contributed by atoms with E-state index < -0.39 is 0 Å². The highest BCUT2D eigenvalue weighted by Gasteiger charge is 2.39. The van der Waals surface area contributed by atoms with Crippen molar-refractivity contribution < 1.29 is 4.74 Å². The highest BCUT2D eigenvalue weighted by Crippen LogP contribution is 2.49. The van der Waals surface area contributed by atoms with Gasteiger partial charge in [0.1, 0.15) is 0 Å². The predicted octanol–water partition coefficient (Wildman–Crippen LogP) is 5.63. The van der Waals surface area contributed by atoms with E-state index in [9.17, 15) is 0 Å². The van der Waals surface area contributed by atoms with Crippen LogP contribution in [0.4, 0.5) is 5.69 Å². The summed E-state index contributed by atoms with van der Waals surface area (Å²) < 4.78 is 6.11. The molecule has 2 heterocycles. The van der Waals surface area contributed by atoms with Gasteiger partial charge < -0.3 is 10.1 Å². The van der Waals surface area contributed by atoms with Gasteiger partial charge in [0, 0.05) is 33.8 Å². The lowest BCUT2D eigenvalue weighted by Gasteiger charge is -2.43. The molecule has 22 heavy (non-hydrogen) atoms. The fraction of sp³-hybridized carbons (Fsp3) is 0.333. The minimum atomic E-state index is 0.115. The highest BCUT2D eigenvalue weighted by atomic mass is 35.5. The van der Waals surface area contributed by atoms with E-state index in [0.717, 1.165) is 35.2 Å². The molecule has 2 aliphatic heterocycles. The molecule has 2 aromatic rings. The maximum absolute atomic E-state index is 6.18. The van der Waals surface area contributed by atoms with E-state index in [4.69, 9.17) is 27.9 Å². The predicted molar refractivity (Wildman–Crippen MR) is 90.7 cm³/mol. The molecule has 0 saturated carbocycles. The van der Waals surface area contributed by atoms with Crippen molar-refractivity contribution in [3.05, 3.63) is 63.6 Å². The molecular formula is C18H17Cl2NO. The first-order valence-electron chi connectivity index (χ1n) is 7.65. The number of benzene rings is 2. The normalized spacial score (nSPS) is 26.7. The summed E-state index contributed by atoms with van der Waals surface area (Å²) in [5.74, 6) is 0.417. The molecule has 114 valence electrons. The fourth-order valence-electron chi connectivity index (χ4n) is 3.64. The fourth-order valence-corrected chi connectivity index (χ4v) is 3.95. The number of nitrogens with one attached hydrogen (secondary N) is 1. The Bertz CT molecular complexity index is 686. The van der Waals surface area contributed by atoms with Crippen LogP contribution in [0.5, 0.6) is 0 Å². The number of hydrogen-bond donors (Lipinski definition) is 1. The van der Waals surface area contributed by atoms with Gasteiger partial charge in [0.05, 0.1) is 12.1 Å². The van der Waals surface area contributed by atoms with Gasteiger partial charge in [-0.3, -0.25) is 0 Å². The Labute approximate surface area is 140 Å². The monoisotopic (exact) mass is 333 g/mol. The van der Waals surface area contributed by atoms with Crippen molar-refractivity contribution in [2.75, 3.05) is 11.9 Å². The second-order valence-electron chi connectivity index (χ2n) is 6.00. The molecule has 2 aliphatic rings. The zero-order valence-electron chi connectivity index (χ0n) is 12.1. The van der Waals surface area contributed by atoms with Crippen molar-refractivity contribution in [2.24, 2.45) is 5.92 Å². The number of anilines is 1. The van der Waals surface area contributed by atoms with Crippen LogP contribution in [0.1, 0.15) is 36.1 Å². The van der Waals surface area contributed by atoms with Crippen LogP contribution in [0.25, 0.3) is 0 Å². The van der Waals surface area contributed by atoms with E-state index in [2.05, 4.69) is 23.5 Å². The van der Waals surface area contributed by atoms with E-state index in [1.807, 2.05) is 24.3 Å². The maximum Gasteiger partial charge on any atom is 0.0896 e. The third-order valence-electron chi connectivity index (χ3n) is 4.66. The van der Waals surface area contributed by atoms with Gasteiger partial charge in [0.25, 0.3) is 0 Å². The first kappa shape index (κ1) is 14.4. The van der Waals surface area contributed by atoms with Gasteiger partial charge in [-0.1, -0.05) is 35.3 Å². The Morgan fingerprint density at radius 3 is 2.59 bits per heavy atom. The standard InChI is InChI=1S/C18H17Cl2NO/c19-12-5-3-11(4-6-12)17-14-2-1-9-22-18(14)15-10-13(20)7-8-16(15)21-17/h3-8,10,14,17-18,21H,1-2,9H2/t14-,17+,18-/m1/s1. The lowest BCUT2D eigenvalue weighted by Crippen LogP contribution is -2.35. The molecule has 2 aromatic carbocycles. The molecule has 0 amide bonds. The SMILES string of the molecule is Clc1ccc([C@@H]2Nc3ccc(Cl)cc3[C@@H]3OCCC[C@H]23)cc1. The van der Waals surface area contributed by atoms with Crippen molar-refractivity contribution in [1.82, 2.24) is 0 Å². The number of ether oxygens (including phenoxy) is 1. The number of rotatable bonds is 1. The Kier molecular flexibility index (Phi) is 3.77. The largest absolute Gasteiger partial charge is 0.378 e. The van der Waals surface area contributed by atoms with Gasteiger partial charge in [0.2, 0.25) is 0 Å². The summed E-state index contributed by atoms with van der Waals surface area (Å²) in [6, 6.07) is 14.4. The molecule has 4 rings (SSSR count). The summed E-state index contributed by atoms with van der Waals surface area (Å²) >= 11 is 12.2.